The fourth-order valence-corrected chi connectivity index (χ4v) is 4.62. The van der Waals surface area contributed by atoms with Crippen molar-refractivity contribution in [3.63, 3.8) is 0 Å². The minimum Gasteiger partial charge on any atom is -0.378 e. The second-order valence-electron chi connectivity index (χ2n) is 12.4. The fraction of sp³-hybridized carbons (Fsp3) is 0.758. The first-order chi connectivity index (χ1) is 21.7. The summed E-state index contributed by atoms with van der Waals surface area (Å²) in [4.78, 5) is 79.8. The second-order valence-corrected chi connectivity index (χ2v) is 12.4. The third kappa shape index (κ3) is 15.2. The Kier molecular flexibility index (Phi) is 21.2. The molecule has 0 aromatic heterocycles. The Morgan fingerprint density at radius 1 is 0.913 bits per heavy atom. The van der Waals surface area contributed by atoms with Crippen molar-refractivity contribution in [1.29, 1.82) is 0 Å². The Balaban J connectivity index is 0.00000312. The number of rotatable bonds is 12. The van der Waals surface area contributed by atoms with E-state index in [1.54, 1.807) is 25.7 Å². The number of likely N-dealkylation sites (tertiary alicyclic amines) is 1. The standard InChI is InChI=1S/C27H44N6O7.2C3H8/c1-6-9-18(21(35)24(37)28-11-7-2)30-23(36)19-10-8-12-33(19)25(38)22(27(3,4)5)31-26(39)29-17-20(34)32-13-15-40-16-14-32;2*1-3-2/h7,18-19,22H,2,6,8-17H2,1,3-5H3,(H,28,37)(H,30,36)(H2,29,31,39);2*3H2,1-2H3/t18?,19-,22?;;/m0../s1. The lowest BCUT2D eigenvalue weighted by Crippen LogP contribution is -2.60. The van der Waals surface area contributed by atoms with Crippen LogP contribution in [0.3, 0.4) is 0 Å². The van der Waals surface area contributed by atoms with E-state index < -0.39 is 53.1 Å². The van der Waals surface area contributed by atoms with Crippen molar-refractivity contribution < 1.29 is 33.5 Å². The van der Waals surface area contributed by atoms with Gasteiger partial charge in [0.25, 0.3) is 5.91 Å². The number of hydrogen-bond acceptors (Lipinski definition) is 7. The van der Waals surface area contributed by atoms with Crippen LogP contribution in [0.4, 0.5) is 4.79 Å². The lowest BCUT2D eigenvalue weighted by molar-refractivity contribution is -0.143. The van der Waals surface area contributed by atoms with E-state index in [4.69, 9.17) is 4.74 Å². The average molecular weight is 653 g/mol. The number of hydrogen-bond donors (Lipinski definition) is 4. The first kappa shape index (κ1) is 42.5. The number of carbonyl (C=O) groups is 6. The number of urea groups is 1. The van der Waals surface area contributed by atoms with Crippen molar-refractivity contribution >= 4 is 35.4 Å². The summed E-state index contributed by atoms with van der Waals surface area (Å²) in [5, 5.41) is 10.3. The molecule has 0 aliphatic carbocycles. The number of ketones is 1. The predicted octanol–water partition coefficient (Wildman–Crippen LogP) is 2.54. The van der Waals surface area contributed by atoms with Crippen molar-refractivity contribution in [1.82, 2.24) is 31.1 Å². The fourth-order valence-electron chi connectivity index (χ4n) is 4.62. The monoisotopic (exact) mass is 652 g/mol. The molecule has 13 nitrogen and oxygen atoms in total. The van der Waals surface area contributed by atoms with Crippen molar-refractivity contribution in [3.8, 4) is 0 Å². The average Bonchev–Trinajstić information content (AvgIpc) is 3.51. The SMILES string of the molecule is C=CCNC(=O)C(=O)C(CCC)NC(=O)[C@@H]1CCCN1C(=O)C(NC(=O)NCC(=O)N1CCOCC1)C(C)(C)C.CCC.CCC. The molecule has 0 aromatic carbocycles. The van der Waals surface area contributed by atoms with Crippen LogP contribution in [0.15, 0.2) is 12.7 Å². The van der Waals surface area contributed by atoms with Gasteiger partial charge in [0.1, 0.15) is 12.1 Å². The van der Waals surface area contributed by atoms with Gasteiger partial charge in [0.05, 0.1) is 25.8 Å². The van der Waals surface area contributed by atoms with Crippen LogP contribution in [0.1, 0.15) is 93.9 Å². The van der Waals surface area contributed by atoms with Crippen LogP contribution in [-0.2, 0) is 28.7 Å². The largest absolute Gasteiger partial charge is 0.378 e. The maximum absolute atomic E-state index is 13.7. The minimum atomic E-state index is -1.02. The van der Waals surface area contributed by atoms with Crippen LogP contribution >= 0.6 is 0 Å². The van der Waals surface area contributed by atoms with E-state index in [-0.39, 0.29) is 25.4 Å². The van der Waals surface area contributed by atoms with Crippen LogP contribution in [0.5, 0.6) is 0 Å². The minimum absolute atomic E-state index is 0.123. The topological polar surface area (TPSA) is 166 Å². The molecule has 2 aliphatic rings. The highest BCUT2D eigenvalue weighted by Crippen LogP contribution is 2.26. The van der Waals surface area contributed by atoms with E-state index in [2.05, 4.69) is 55.5 Å². The molecule has 2 rings (SSSR count). The highest BCUT2D eigenvalue weighted by atomic mass is 16.5. The smallest absolute Gasteiger partial charge is 0.315 e. The summed E-state index contributed by atoms with van der Waals surface area (Å²) in [5.74, 6) is -2.79. The normalized spacial score (nSPS) is 17.1. The summed E-state index contributed by atoms with van der Waals surface area (Å²) in [5.41, 5.74) is -0.712. The summed E-state index contributed by atoms with van der Waals surface area (Å²) in [6, 6.07) is -3.54. The number of morpholine rings is 1. The lowest BCUT2D eigenvalue weighted by Gasteiger charge is -2.35. The summed E-state index contributed by atoms with van der Waals surface area (Å²) in [6.07, 6.45) is 5.71. The Labute approximate surface area is 276 Å². The zero-order valence-corrected chi connectivity index (χ0v) is 29.5. The van der Waals surface area contributed by atoms with Crippen LogP contribution in [0.25, 0.3) is 0 Å². The molecule has 0 radical (unpaired) electrons. The van der Waals surface area contributed by atoms with Gasteiger partial charge < -0.3 is 35.8 Å². The third-order valence-electron chi connectivity index (χ3n) is 6.83. The Morgan fingerprint density at radius 3 is 2.02 bits per heavy atom. The summed E-state index contributed by atoms with van der Waals surface area (Å²) >= 11 is 0. The number of nitrogens with zero attached hydrogens (tertiary/aromatic N) is 2. The maximum Gasteiger partial charge on any atom is 0.315 e. The van der Waals surface area contributed by atoms with Crippen molar-refractivity contribution in [2.45, 2.75) is 112 Å². The van der Waals surface area contributed by atoms with Crippen LogP contribution in [0.2, 0.25) is 0 Å². The van der Waals surface area contributed by atoms with E-state index in [0.29, 0.717) is 52.1 Å². The number of nitrogens with one attached hydrogen (secondary N) is 4. The summed E-state index contributed by atoms with van der Waals surface area (Å²) in [6.45, 7) is 21.2. The van der Waals surface area contributed by atoms with Crippen LogP contribution < -0.4 is 21.3 Å². The van der Waals surface area contributed by atoms with Gasteiger partial charge in [-0.15, -0.1) is 6.58 Å². The molecule has 3 atom stereocenters. The first-order valence-corrected chi connectivity index (χ1v) is 16.7. The summed E-state index contributed by atoms with van der Waals surface area (Å²) < 4.78 is 5.23. The van der Waals surface area contributed by atoms with E-state index in [1.165, 1.54) is 23.8 Å². The van der Waals surface area contributed by atoms with Gasteiger partial charge in [-0.3, -0.25) is 24.0 Å². The van der Waals surface area contributed by atoms with Crippen molar-refractivity contribution in [3.05, 3.63) is 12.7 Å². The van der Waals surface area contributed by atoms with Gasteiger partial charge in [0, 0.05) is 26.2 Å². The maximum atomic E-state index is 13.7. The predicted molar refractivity (Wildman–Crippen MR) is 179 cm³/mol. The number of Topliss-reactive ketones (excluding diaryl/α,β-unsaturated/α-hetero) is 1. The van der Waals surface area contributed by atoms with Gasteiger partial charge in [-0.2, -0.15) is 0 Å². The molecule has 2 fully saturated rings. The molecule has 2 unspecified atom stereocenters. The number of carbonyl (C=O) groups excluding carboxylic acids is 6. The second kappa shape index (κ2) is 22.9. The molecule has 264 valence electrons. The Hall–Kier alpha value is -3.48. The molecule has 2 aliphatic heterocycles. The van der Waals surface area contributed by atoms with Crippen LogP contribution in [-0.4, -0.2) is 109 Å². The molecule has 0 bridgehead atoms. The molecular weight excluding hydrogens is 592 g/mol. The van der Waals surface area contributed by atoms with Crippen LogP contribution in [0, 0.1) is 5.41 Å². The molecule has 2 heterocycles. The number of amides is 6. The molecule has 6 amide bonds. The van der Waals surface area contributed by atoms with Crippen molar-refractivity contribution in [2.75, 3.05) is 45.9 Å². The molecule has 0 aromatic rings. The van der Waals surface area contributed by atoms with Gasteiger partial charge in [-0.1, -0.05) is 80.7 Å². The zero-order valence-electron chi connectivity index (χ0n) is 29.5. The molecule has 2 saturated heterocycles. The van der Waals surface area contributed by atoms with Crippen molar-refractivity contribution in [2.24, 2.45) is 5.41 Å². The van der Waals surface area contributed by atoms with Gasteiger partial charge in [0.2, 0.25) is 23.5 Å². The highest BCUT2D eigenvalue weighted by molar-refractivity contribution is 6.38. The first-order valence-electron chi connectivity index (χ1n) is 16.7. The Bertz CT molecular complexity index is 989. The van der Waals surface area contributed by atoms with Gasteiger partial charge in [0.15, 0.2) is 0 Å². The molecule has 13 heteroatoms. The molecular formula is C33H60N6O7. The molecule has 46 heavy (non-hydrogen) atoms. The van der Waals surface area contributed by atoms with E-state index >= 15 is 0 Å². The van der Waals surface area contributed by atoms with Gasteiger partial charge >= 0.3 is 6.03 Å². The molecule has 4 N–H and O–H groups in total. The lowest BCUT2D eigenvalue weighted by atomic mass is 9.85. The quantitative estimate of drug-likeness (QED) is 0.186. The summed E-state index contributed by atoms with van der Waals surface area (Å²) in [7, 11) is 0. The van der Waals surface area contributed by atoms with E-state index in [9.17, 15) is 28.8 Å². The van der Waals surface area contributed by atoms with Gasteiger partial charge in [-0.05, 0) is 24.7 Å². The zero-order chi connectivity index (χ0) is 35.3. The Morgan fingerprint density at radius 2 is 1.50 bits per heavy atom. The molecule has 0 saturated carbocycles. The van der Waals surface area contributed by atoms with Gasteiger partial charge in [-0.25, -0.2) is 4.79 Å². The van der Waals surface area contributed by atoms with E-state index in [0.717, 1.165) is 0 Å². The van der Waals surface area contributed by atoms with E-state index in [1.807, 2.05) is 6.92 Å². The molecule has 0 spiro atoms. The number of ether oxygens (including phenoxy) is 1. The highest BCUT2D eigenvalue weighted by Gasteiger charge is 2.42. The third-order valence-corrected chi connectivity index (χ3v) is 6.83.